The van der Waals surface area contributed by atoms with Gasteiger partial charge in [-0.25, -0.2) is 0 Å². The number of hydrogen-bond acceptors (Lipinski definition) is 3. The summed E-state index contributed by atoms with van der Waals surface area (Å²) in [5, 5.41) is 1.000. The summed E-state index contributed by atoms with van der Waals surface area (Å²) in [6.07, 6.45) is 1.39. The fraction of sp³-hybridized carbons (Fsp3) is 0.467. The molecule has 2 aromatic rings. The van der Waals surface area contributed by atoms with Gasteiger partial charge in [0.05, 0.1) is 0 Å². The Balaban J connectivity index is 2.63. The van der Waals surface area contributed by atoms with Gasteiger partial charge in [0.2, 0.25) is 0 Å². The number of fused-ring (bicyclic) bond motifs is 1. The van der Waals surface area contributed by atoms with Crippen LogP contribution in [0.3, 0.4) is 0 Å². The number of carbonyl (C=O) groups is 1. The number of ether oxygens (including phenoxy) is 1. The molecule has 0 saturated heterocycles. The van der Waals surface area contributed by atoms with E-state index in [1.807, 2.05) is 32.9 Å². The molecule has 0 aliphatic heterocycles. The molecule has 108 valence electrons. The number of nitrogens with zero attached hydrogens (tertiary/aromatic N) is 2. The Morgan fingerprint density at radius 3 is 2.50 bits per heavy atom. The first-order valence-electron chi connectivity index (χ1n) is 6.80. The Morgan fingerprint density at radius 1 is 1.30 bits per heavy atom. The molecular formula is C15H22N2O2Sn. The number of pyridine rings is 1. The first-order valence-corrected chi connectivity index (χ1v) is 16.8. The van der Waals surface area contributed by atoms with Gasteiger partial charge in [-0.2, -0.15) is 0 Å². The summed E-state index contributed by atoms with van der Waals surface area (Å²) in [7, 11) is 0. The van der Waals surface area contributed by atoms with Gasteiger partial charge in [0.25, 0.3) is 0 Å². The Morgan fingerprint density at radius 2 is 1.95 bits per heavy atom. The zero-order valence-electron chi connectivity index (χ0n) is 13.0. The molecule has 20 heavy (non-hydrogen) atoms. The second-order valence-electron chi connectivity index (χ2n) is 7.01. The second kappa shape index (κ2) is 5.06. The molecule has 2 heterocycles. The third kappa shape index (κ3) is 3.16. The van der Waals surface area contributed by atoms with E-state index in [9.17, 15) is 4.79 Å². The van der Waals surface area contributed by atoms with E-state index in [1.54, 1.807) is 10.8 Å². The van der Waals surface area contributed by atoms with E-state index in [1.165, 1.54) is 0 Å². The van der Waals surface area contributed by atoms with Crippen LogP contribution in [0.1, 0.15) is 20.8 Å². The number of aromatic nitrogens is 2. The Labute approximate surface area is 124 Å². The minimum atomic E-state index is -2.45. The Bertz CT molecular complexity index is 648. The second-order valence-corrected chi connectivity index (χ2v) is 21.3. The van der Waals surface area contributed by atoms with Crippen LogP contribution in [-0.4, -0.2) is 39.6 Å². The van der Waals surface area contributed by atoms with Gasteiger partial charge >= 0.3 is 124 Å². The van der Waals surface area contributed by atoms with E-state index >= 15 is 0 Å². The summed E-state index contributed by atoms with van der Waals surface area (Å²) < 4.78 is 8.33. The van der Waals surface area contributed by atoms with Crippen molar-refractivity contribution < 1.29 is 9.53 Å². The Kier molecular flexibility index (Phi) is 3.88. The maximum absolute atomic E-state index is 12.5. The van der Waals surface area contributed by atoms with Crippen molar-refractivity contribution in [2.24, 2.45) is 0 Å². The van der Waals surface area contributed by atoms with E-state index in [-0.39, 0.29) is 6.09 Å². The van der Waals surface area contributed by atoms with E-state index in [0.717, 1.165) is 9.10 Å². The summed E-state index contributed by atoms with van der Waals surface area (Å²) in [6, 6.07) is 5.98. The summed E-state index contributed by atoms with van der Waals surface area (Å²) in [6.45, 7) is 5.64. The van der Waals surface area contributed by atoms with E-state index in [2.05, 4.69) is 25.9 Å². The summed E-state index contributed by atoms with van der Waals surface area (Å²) in [5.41, 5.74) is 0.191. The molecular weight excluding hydrogens is 359 g/mol. The summed E-state index contributed by atoms with van der Waals surface area (Å²) in [4.78, 5) is 23.7. The fourth-order valence-electron chi connectivity index (χ4n) is 2.08. The molecule has 4 nitrogen and oxygen atoms in total. The van der Waals surface area contributed by atoms with Crippen LogP contribution in [0.5, 0.6) is 0 Å². The van der Waals surface area contributed by atoms with E-state index in [4.69, 9.17) is 4.74 Å². The van der Waals surface area contributed by atoms with Gasteiger partial charge in [0, 0.05) is 0 Å². The quantitative estimate of drug-likeness (QED) is 0.712. The van der Waals surface area contributed by atoms with Gasteiger partial charge in [-0.3, -0.25) is 0 Å². The fourth-order valence-corrected chi connectivity index (χ4v) is 6.24. The molecule has 0 radical (unpaired) electrons. The maximum atomic E-state index is 12.5. The zero-order chi connectivity index (χ0) is 15.1. The average molecular weight is 381 g/mol. The zero-order valence-corrected chi connectivity index (χ0v) is 15.9. The average Bonchev–Trinajstić information content (AvgIpc) is 2.65. The third-order valence-electron chi connectivity index (χ3n) is 2.91. The van der Waals surface area contributed by atoms with Crippen molar-refractivity contribution in [2.75, 3.05) is 0 Å². The van der Waals surface area contributed by atoms with Crippen LogP contribution in [0, 0.1) is 0 Å². The number of hydrogen-bond donors (Lipinski definition) is 0. The number of carbonyl (C=O) groups excluding carboxylic acids is 1. The van der Waals surface area contributed by atoms with Crippen molar-refractivity contribution in [2.45, 2.75) is 41.2 Å². The third-order valence-corrected chi connectivity index (χ3v) is 8.34. The van der Waals surface area contributed by atoms with Crippen molar-refractivity contribution in [3.8, 4) is 0 Å². The van der Waals surface area contributed by atoms with Gasteiger partial charge in [-0.05, 0) is 0 Å². The van der Waals surface area contributed by atoms with Crippen LogP contribution >= 0.6 is 0 Å². The normalized spacial score (nSPS) is 12.7. The van der Waals surface area contributed by atoms with Crippen molar-refractivity contribution in [1.29, 1.82) is 0 Å². The summed E-state index contributed by atoms with van der Waals surface area (Å²) >= 11 is -2.45. The van der Waals surface area contributed by atoms with Crippen molar-refractivity contribution in [3.05, 3.63) is 24.4 Å². The molecule has 0 spiro atoms. The Hall–Kier alpha value is -1.04. The van der Waals surface area contributed by atoms with Crippen molar-refractivity contribution in [3.63, 3.8) is 0 Å². The predicted octanol–water partition coefficient (Wildman–Crippen LogP) is 3.36. The van der Waals surface area contributed by atoms with Crippen molar-refractivity contribution in [1.82, 2.24) is 9.55 Å². The van der Waals surface area contributed by atoms with Crippen molar-refractivity contribution >= 4 is 39.2 Å². The number of rotatable bonds is 1. The molecule has 0 atom stereocenters. The molecule has 2 aromatic heterocycles. The predicted molar refractivity (Wildman–Crippen MR) is 84.3 cm³/mol. The molecule has 0 aliphatic carbocycles. The van der Waals surface area contributed by atoms with Gasteiger partial charge < -0.3 is 0 Å². The molecule has 0 fully saturated rings. The van der Waals surface area contributed by atoms with Crippen LogP contribution in [0.15, 0.2) is 24.4 Å². The molecule has 0 bridgehead atoms. The standard InChI is InChI=1S/C12H13N2O2.3CH3.Sn/c1-12(2,3)16-11(15)14-8-6-9-5-4-7-13-10(9)14;;;;/h4-7H,1-3H3;3*1H3;. The van der Waals surface area contributed by atoms with Gasteiger partial charge in [-0.1, -0.05) is 0 Å². The molecule has 0 saturated carbocycles. The van der Waals surface area contributed by atoms with Crippen LogP contribution in [-0.2, 0) is 4.74 Å². The van der Waals surface area contributed by atoms with Gasteiger partial charge in [-0.15, -0.1) is 0 Å². The first kappa shape index (κ1) is 15.3. The molecule has 0 amide bonds. The summed E-state index contributed by atoms with van der Waals surface area (Å²) in [5.74, 6) is 0. The van der Waals surface area contributed by atoms with Crippen LogP contribution < -0.4 is 3.71 Å². The molecule has 5 heteroatoms. The molecule has 0 aliphatic rings. The van der Waals surface area contributed by atoms with Crippen LogP contribution in [0.25, 0.3) is 11.0 Å². The molecule has 0 N–H and O–H groups in total. The van der Waals surface area contributed by atoms with Crippen LogP contribution in [0.4, 0.5) is 4.79 Å². The molecule has 0 aromatic carbocycles. The molecule has 2 rings (SSSR count). The SMILES string of the molecule is CC(C)(C)OC(=O)n1[c]([Sn]([CH3])([CH3])[CH3])cc2cccnc21. The van der Waals surface area contributed by atoms with Crippen LogP contribution in [0.2, 0.25) is 14.8 Å². The first-order chi connectivity index (χ1) is 9.09. The monoisotopic (exact) mass is 382 g/mol. The van der Waals surface area contributed by atoms with E-state index in [0.29, 0.717) is 5.65 Å². The molecule has 0 unspecified atom stereocenters. The van der Waals surface area contributed by atoms with E-state index < -0.39 is 24.0 Å². The minimum absolute atomic E-state index is 0.326. The van der Waals surface area contributed by atoms with Gasteiger partial charge in [0.1, 0.15) is 0 Å². The topological polar surface area (TPSA) is 44.1 Å². The van der Waals surface area contributed by atoms with Gasteiger partial charge in [0.15, 0.2) is 0 Å².